The predicted molar refractivity (Wildman–Crippen MR) is 128 cm³/mol. The molecule has 0 aliphatic heterocycles. The maximum Gasteiger partial charge on any atom is 0.333 e. The standard InChI is InChI=1S/C27H32N2O3/c1-17(2)16-29-23(21-7-6-12-28-15-21)13-20-8-9-22(14-24(20)29)31-25-10-11-26(19(25)5)32-27(30)18(3)4/h6-9,12-15,17,19,25-26H,3,10-11,16H2,1-2,4-5H3. The van der Waals surface area contributed by atoms with E-state index in [1.807, 2.05) is 18.3 Å². The number of ether oxygens (including phenoxy) is 2. The summed E-state index contributed by atoms with van der Waals surface area (Å²) in [6.07, 6.45) is 5.27. The number of pyridine rings is 1. The van der Waals surface area contributed by atoms with Gasteiger partial charge < -0.3 is 14.0 Å². The van der Waals surface area contributed by atoms with Gasteiger partial charge in [-0.15, -0.1) is 0 Å². The van der Waals surface area contributed by atoms with Crippen LogP contribution in [0.2, 0.25) is 0 Å². The third kappa shape index (κ3) is 4.57. The van der Waals surface area contributed by atoms with E-state index in [0.717, 1.165) is 36.2 Å². The van der Waals surface area contributed by atoms with E-state index >= 15 is 0 Å². The lowest BCUT2D eigenvalue weighted by atomic mass is 10.1. The van der Waals surface area contributed by atoms with Gasteiger partial charge in [-0.2, -0.15) is 0 Å². The number of benzene rings is 1. The number of hydrogen-bond acceptors (Lipinski definition) is 4. The molecule has 1 fully saturated rings. The largest absolute Gasteiger partial charge is 0.490 e. The molecule has 0 spiro atoms. The third-order valence-electron chi connectivity index (χ3n) is 6.18. The van der Waals surface area contributed by atoms with Crippen molar-refractivity contribution in [2.24, 2.45) is 11.8 Å². The van der Waals surface area contributed by atoms with Gasteiger partial charge in [0.2, 0.25) is 0 Å². The predicted octanol–water partition coefficient (Wildman–Crippen LogP) is 6.02. The van der Waals surface area contributed by atoms with Crippen LogP contribution >= 0.6 is 0 Å². The second-order valence-corrected chi connectivity index (χ2v) is 9.31. The van der Waals surface area contributed by atoms with Crippen molar-refractivity contribution in [2.45, 2.75) is 59.3 Å². The van der Waals surface area contributed by atoms with Crippen LogP contribution < -0.4 is 4.74 Å². The van der Waals surface area contributed by atoms with Crippen molar-refractivity contribution in [3.05, 3.63) is 60.9 Å². The van der Waals surface area contributed by atoms with Gasteiger partial charge in [-0.1, -0.05) is 27.4 Å². The molecular weight excluding hydrogens is 400 g/mol. The molecule has 0 amide bonds. The Balaban J connectivity index is 1.59. The second kappa shape index (κ2) is 9.19. The Kier molecular flexibility index (Phi) is 6.35. The number of hydrogen-bond donors (Lipinski definition) is 0. The molecule has 1 aliphatic carbocycles. The molecule has 32 heavy (non-hydrogen) atoms. The van der Waals surface area contributed by atoms with E-state index in [0.29, 0.717) is 11.5 Å². The molecule has 2 heterocycles. The minimum atomic E-state index is -0.321. The Hall–Kier alpha value is -3.08. The molecule has 0 saturated heterocycles. The summed E-state index contributed by atoms with van der Waals surface area (Å²) in [5, 5.41) is 1.18. The first kappa shape index (κ1) is 22.1. The molecule has 5 nitrogen and oxygen atoms in total. The molecule has 1 aliphatic rings. The van der Waals surface area contributed by atoms with E-state index < -0.39 is 0 Å². The zero-order valence-corrected chi connectivity index (χ0v) is 19.4. The molecule has 0 radical (unpaired) electrons. The summed E-state index contributed by atoms with van der Waals surface area (Å²) >= 11 is 0. The summed E-state index contributed by atoms with van der Waals surface area (Å²) in [7, 11) is 0. The number of aromatic nitrogens is 2. The highest BCUT2D eigenvalue weighted by Gasteiger charge is 2.37. The molecule has 168 valence electrons. The Morgan fingerprint density at radius 1 is 1.22 bits per heavy atom. The summed E-state index contributed by atoms with van der Waals surface area (Å²) in [4.78, 5) is 16.2. The number of rotatable bonds is 7. The first-order chi connectivity index (χ1) is 15.3. The quantitative estimate of drug-likeness (QED) is 0.338. The Morgan fingerprint density at radius 2 is 2.00 bits per heavy atom. The van der Waals surface area contributed by atoms with Gasteiger partial charge >= 0.3 is 5.97 Å². The zero-order valence-electron chi connectivity index (χ0n) is 19.4. The summed E-state index contributed by atoms with van der Waals surface area (Å²) in [6.45, 7) is 12.8. The first-order valence-corrected chi connectivity index (χ1v) is 11.4. The molecular formula is C27H32N2O3. The van der Waals surface area contributed by atoms with Crippen LogP contribution in [0.1, 0.15) is 40.5 Å². The van der Waals surface area contributed by atoms with E-state index in [4.69, 9.17) is 9.47 Å². The minimum absolute atomic E-state index is 0.0154. The van der Waals surface area contributed by atoms with E-state index in [1.54, 1.807) is 13.1 Å². The number of esters is 1. The molecule has 3 unspecified atom stereocenters. The Bertz CT molecular complexity index is 1120. The van der Waals surface area contributed by atoms with E-state index in [-0.39, 0.29) is 24.1 Å². The molecule has 0 N–H and O–H groups in total. The van der Waals surface area contributed by atoms with Crippen LogP contribution in [0, 0.1) is 11.8 Å². The zero-order chi connectivity index (χ0) is 22.8. The Morgan fingerprint density at radius 3 is 2.69 bits per heavy atom. The molecule has 1 saturated carbocycles. The van der Waals surface area contributed by atoms with E-state index in [2.05, 4.69) is 61.2 Å². The highest BCUT2D eigenvalue weighted by molar-refractivity contribution is 5.88. The van der Waals surface area contributed by atoms with Gasteiger partial charge in [0.15, 0.2) is 0 Å². The van der Waals surface area contributed by atoms with Crippen molar-refractivity contribution >= 4 is 16.9 Å². The van der Waals surface area contributed by atoms with Crippen LogP contribution in [-0.4, -0.2) is 27.7 Å². The average molecular weight is 433 g/mol. The summed E-state index contributed by atoms with van der Waals surface area (Å²) in [6, 6.07) is 12.6. The van der Waals surface area contributed by atoms with Gasteiger partial charge in [0, 0.05) is 47.4 Å². The van der Waals surface area contributed by atoms with Gasteiger partial charge in [0.25, 0.3) is 0 Å². The monoisotopic (exact) mass is 432 g/mol. The maximum absolute atomic E-state index is 11.9. The molecule has 3 atom stereocenters. The summed E-state index contributed by atoms with van der Waals surface area (Å²) in [5.74, 6) is 1.16. The maximum atomic E-state index is 11.9. The van der Waals surface area contributed by atoms with Crippen LogP contribution in [0.3, 0.4) is 0 Å². The van der Waals surface area contributed by atoms with E-state index in [1.165, 1.54) is 11.1 Å². The molecule has 0 bridgehead atoms. The number of nitrogens with zero attached hydrogens (tertiary/aromatic N) is 2. The van der Waals surface area contributed by atoms with Crippen LogP contribution in [0.15, 0.2) is 60.9 Å². The van der Waals surface area contributed by atoms with Crippen molar-refractivity contribution in [1.82, 2.24) is 9.55 Å². The topological polar surface area (TPSA) is 53.4 Å². The molecule has 5 heteroatoms. The lowest BCUT2D eigenvalue weighted by Gasteiger charge is -2.22. The third-order valence-corrected chi connectivity index (χ3v) is 6.18. The van der Waals surface area contributed by atoms with E-state index in [9.17, 15) is 4.79 Å². The highest BCUT2D eigenvalue weighted by atomic mass is 16.5. The van der Waals surface area contributed by atoms with Crippen molar-refractivity contribution < 1.29 is 14.3 Å². The van der Waals surface area contributed by atoms with Gasteiger partial charge in [-0.05, 0) is 56.0 Å². The van der Waals surface area contributed by atoms with Gasteiger partial charge in [-0.3, -0.25) is 4.98 Å². The fourth-order valence-electron chi connectivity index (χ4n) is 4.46. The van der Waals surface area contributed by atoms with Crippen molar-refractivity contribution in [3.8, 4) is 17.0 Å². The second-order valence-electron chi connectivity index (χ2n) is 9.31. The van der Waals surface area contributed by atoms with Crippen LogP contribution in [0.5, 0.6) is 5.75 Å². The lowest BCUT2D eigenvalue weighted by molar-refractivity contribution is -0.146. The fourth-order valence-corrected chi connectivity index (χ4v) is 4.46. The van der Waals surface area contributed by atoms with Gasteiger partial charge in [0.05, 0.1) is 11.2 Å². The summed E-state index contributed by atoms with van der Waals surface area (Å²) < 4.78 is 14.4. The number of carbonyl (C=O) groups excluding carboxylic acids is 1. The first-order valence-electron chi connectivity index (χ1n) is 11.4. The fraction of sp³-hybridized carbons (Fsp3) is 0.407. The van der Waals surface area contributed by atoms with Crippen molar-refractivity contribution in [2.75, 3.05) is 0 Å². The average Bonchev–Trinajstić information content (AvgIpc) is 3.29. The number of fused-ring (bicyclic) bond motifs is 1. The van der Waals surface area contributed by atoms with Crippen molar-refractivity contribution in [3.63, 3.8) is 0 Å². The molecule has 3 aromatic rings. The summed E-state index contributed by atoms with van der Waals surface area (Å²) in [5.41, 5.74) is 3.87. The molecule has 1 aromatic carbocycles. The van der Waals surface area contributed by atoms with Crippen molar-refractivity contribution in [1.29, 1.82) is 0 Å². The molecule has 4 rings (SSSR count). The lowest BCUT2D eigenvalue weighted by Crippen LogP contribution is -2.28. The smallest absolute Gasteiger partial charge is 0.333 e. The molecule has 2 aromatic heterocycles. The van der Waals surface area contributed by atoms with Crippen LogP contribution in [0.25, 0.3) is 22.2 Å². The highest BCUT2D eigenvalue weighted by Crippen LogP contribution is 2.35. The SMILES string of the molecule is C=C(C)C(=O)OC1CCC(Oc2ccc3cc(-c4cccnc4)n(CC(C)C)c3c2)C1C. The van der Waals surface area contributed by atoms with Crippen LogP contribution in [0.4, 0.5) is 0 Å². The van der Waals surface area contributed by atoms with Gasteiger partial charge in [0.1, 0.15) is 18.0 Å². The van der Waals surface area contributed by atoms with Gasteiger partial charge in [-0.25, -0.2) is 4.79 Å². The normalized spacial score (nSPS) is 20.6. The Labute approximate surface area is 190 Å². The minimum Gasteiger partial charge on any atom is -0.490 e. The number of carbonyl (C=O) groups is 1. The van der Waals surface area contributed by atoms with Crippen LogP contribution in [-0.2, 0) is 16.1 Å².